The number of hydrogen-bond donors (Lipinski definition) is 1. The quantitative estimate of drug-likeness (QED) is 0.572. The fourth-order valence-corrected chi connectivity index (χ4v) is 1.70. The molecule has 0 saturated carbocycles. The number of hydrogen-bond acceptors (Lipinski definition) is 4. The lowest BCUT2D eigenvalue weighted by Crippen LogP contribution is -2.00. The molecular formula is C9H14N2OS. The fourth-order valence-electron chi connectivity index (χ4n) is 0.881. The van der Waals surface area contributed by atoms with Crippen LogP contribution in [0.5, 0.6) is 0 Å². The van der Waals surface area contributed by atoms with Crippen LogP contribution >= 0.6 is 11.8 Å². The molecule has 1 rings (SSSR count). The molecule has 72 valence electrons. The van der Waals surface area contributed by atoms with E-state index in [0.29, 0.717) is 6.54 Å². The molecule has 0 radical (unpaired) electrons. The van der Waals surface area contributed by atoms with Crippen LogP contribution in [0.1, 0.15) is 5.69 Å². The number of ether oxygens (including phenoxy) is 1. The van der Waals surface area contributed by atoms with E-state index in [1.165, 1.54) is 0 Å². The number of aromatic nitrogens is 1. The Balaban J connectivity index is 2.46. The normalized spacial score (nSPS) is 10.3. The minimum atomic E-state index is 0.499. The van der Waals surface area contributed by atoms with Crippen molar-refractivity contribution in [2.45, 2.75) is 11.6 Å². The van der Waals surface area contributed by atoms with Crippen molar-refractivity contribution in [1.29, 1.82) is 0 Å². The summed E-state index contributed by atoms with van der Waals surface area (Å²) < 4.78 is 4.95. The lowest BCUT2D eigenvalue weighted by molar-refractivity contribution is 0.218. The van der Waals surface area contributed by atoms with Gasteiger partial charge in [0.15, 0.2) is 0 Å². The van der Waals surface area contributed by atoms with E-state index in [4.69, 9.17) is 10.5 Å². The summed E-state index contributed by atoms with van der Waals surface area (Å²) in [5.74, 6) is 0.928. The SMILES string of the molecule is COCCSc1cccc(CN)n1. The standard InChI is InChI=1S/C9H14N2OS/c1-12-5-6-13-9-4-2-3-8(7-10)11-9/h2-4H,5-7,10H2,1H3. The third-order valence-corrected chi connectivity index (χ3v) is 2.42. The Morgan fingerprint density at radius 2 is 2.38 bits per heavy atom. The highest BCUT2D eigenvalue weighted by atomic mass is 32.2. The molecule has 0 unspecified atom stereocenters. The van der Waals surface area contributed by atoms with Crippen molar-refractivity contribution in [3.05, 3.63) is 23.9 Å². The van der Waals surface area contributed by atoms with Crippen molar-refractivity contribution < 1.29 is 4.74 Å². The van der Waals surface area contributed by atoms with E-state index >= 15 is 0 Å². The number of methoxy groups -OCH3 is 1. The summed E-state index contributed by atoms with van der Waals surface area (Å²) in [6.45, 7) is 1.25. The van der Waals surface area contributed by atoms with Crippen LogP contribution < -0.4 is 5.73 Å². The van der Waals surface area contributed by atoms with Gasteiger partial charge in [0, 0.05) is 19.4 Å². The van der Waals surface area contributed by atoms with Crippen LogP contribution in [0.25, 0.3) is 0 Å². The van der Waals surface area contributed by atoms with Gasteiger partial charge in [-0.1, -0.05) is 6.07 Å². The molecule has 0 saturated heterocycles. The maximum atomic E-state index is 5.48. The smallest absolute Gasteiger partial charge is 0.0964 e. The minimum absolute atomic E-state index is 0.499. The second-order valence-electron chi connectivity index (χ2n) is 2.51. The number of nitrogens with zero attached hydrogens (tertiary/aromatic N) is 1. The summed E-state index contributed by atoms with van der Waals surface area (Å²) in [4.78, 5) is 4.35. The van der Waals surface area contributed by atoms with Gasteiger partial charge in [0.05, 0.1) is 17.3 Å². The van der Waals surface area contributed by atoms with E-state index < -0.39 is 0 Å². The van der Waals surface area contributed by atoms with E-state index in [9.17, 15) is 0 Å². The van der Waals surface area contributed by atoms with Gasteiger partial charge in [-0.25, -0.2) is 4.98 Å². The molecule has 4 heteroatoms. The summed E-state index contributed by atoms with van der Waals surface area (Å²) >= 11 is 1.68. The molecule has 1 heterocycles. The number of pyridine rings is 1. The Labute approximate surface area is 82.7 Å². The lowest BCUT2D eigenvalue weighted by atomic mass is 10.4. The third kappa shape index (κ3) is 3.76. The Morgan fingerprint density at radius 1 is 1.54 bits per heavy atom. The predicted octanol–water partition coefficient (Wildman–Crippen LogP) is 1.28. The van der Waals surface area contributed by atoms with Crippen molar-refractivity contribution in [3.63, 3.8) is 0 Å². The highest BCUT2D eigenvalue weighted by Gasteiger charge is 1.96. The van der Waals surface area contributed by atoms with Gasteiger partial charge in [-0.2, -0.15) is 0 Å². The Bertz CT molecular complexity index is 255. The first kappa shape index (κ1) is 10.5. The van der Waals surface area contributed by atoms with Gasteiger partial charge in [-0.15, -0.1) is 11.8 Å². The Kier molecular flexibility index (Phi) is 4.82. The van der Waals surface area contributed by atoms with Gasteiger partial charge >= 0.3 is 0 Å². The van der Waals surface area contributed by atoms with Crippen LogP contribution in [-0.4, -0.2) is 24.5 Å². The number of rotatable bonds is 5. The molecule has 0 aliphatic heterocycles. The maximum Gasteiger partial charge on any atom is 0.0964 e. The molecule has 2 N–H and O–H groups in total. The zero-order chi connectivity index (χ0) is 9.52. The summed E-state index contributed by atoms with van der Waals surface area (Å²) in [6.07, 6.45) is 0. The molecule has 0 aliphatic rings. The fraction of sp³-hybridized carbons (Fsp3) is 0.444. The second-order valence-corrected chi connectivity index (χ2v) is 3.63. The first-order valence-corrected chi connectivity index (χ1v) is 5.13. The summed E-state index contributed by atoms with van der Waals surface area (Å²) in [5.41, 5.74) is 6.41. The van der Waals surface area contributed by atoms with Gasteiger partial charge in [-0.05, 0) is 12.1 Å². The number of thioether (sulfide) groups is 1. The predicted molar refractivity (Wildman–Crippen MR) is 54.7 cm³/mol. The van der Waals surface area contributed by atoms with Crippen LogP contribution in [0, 0.1) is 0 Å². The van der Waals surface area contributed by atoms with Crippen molar-refractivity contribution in [2.24, 2.45) is 5.73 Å². The zero-order valence-corrected chi connectivity index (χ0v) is 8.51. The molecule has 0 bridgehead atoms. The molecule has 0 atom stereocenters. The molecule has 1 aromatic rings. The van der Waals surface area contributed by atoms with E-state index in [1.807, 2.05) is 18.2 Å². The topological polar surface area (TPSA) is 48.1 Å². The summed E-state index contributed by atoms with van der Waals surface area (Å²) in [6, 6.07) is 5.89. The molecule has 0 aliphatic carbocycles. The molecule has 13 heavy (non-hydrogen) atoms. The van der Waals surface area contributed by atoms with Crippen molar-refractivity contribution in [2.75, 3.05) is 19.5 Å². The molecule has 0 fully saturated rings. The highest BCUT2D eigenvalue weighted by Crippen LogP contribution is 2.14. The van der Waals surface area contributed by atoms with Gasteiger partial charge in [0.1, 0.15) is 0 Å². The van der Waals surface area contributed by atoms with Gasteiger partial charge in [-0.3, -0.25) is 0 Å². The van der Waals surface area contributed by atoms with Crippen LogP contribution in [0.4, 0.5) is 0 Å². The van der Waals surface area contributed by atoms with Gasteiger partial charge in [0.25, 0.3) is 0 Å². The molecule has 3 nitrogen and oxygen atoms in total. The van der Waals surface area contributed by atoms with E-state index in [0.717, 1.165) is 23.1 Å². The average molecular weight is 198 g/mol. The third-order valence-electron chi connectivity index (χ3n) is 1.53. The Morgan fingerprint density at radius 3 is 3.08 bits per heavy atom. The first-order valence-electron chi connectivity index (χ1n) is 4.14. The van der Waals surface area contributed by atoms with Crippen molar-refractivity contribution >= 4 is 11.8 Å². The second kappa shape index (κ2) is 5.96. The zero-order valence-electron chi connectivity index (χ0n) is 7.69. The van der Waals surface area contributed by atoms with Gasteiger partial charge < -0.3 is 10.5 Å². The Hall–Kier alpha value is -0.580. The van der Waals surface area contributed by atoms with E-state index in [1.54, 1.807) is 18.9 Å². The summed E-state index contributed by atoms with van der Waals surface area (Å²) in [5, 5.41) is 1.01. The van der Waals surface area contributed by atoms with Crippen LogP contribution in [0.15, 0.2) is 23.2 Å². The van der Waals surface area contributed by atoms with Crippen LogP contribution in [0.3, 0.4) is 0 Å². The van der Waals surface area contributed by atoms with Crippen molar-refractivity contribution in [3.8, 4) is 0 Å². The minimum Gasteiger partial charge on any atom is -0.384 e. The average Bonchev–Trinajstić information content (AvgIpc) is 2.19. The maximum absolute atomic E-state index is 5.48. The van der Waals surface area contributed by atoms with Crippen LogP contribution in [-0.2, 0) is 11.3 Å². The lowest BCUT2D eigenvalue weighted by Gasteiger charge is -2.01. The van der Waals surface area contributed by atoms with Crippen molar-refractivity contribution in [1.82, 2.24) is 4.98 Å². The molecule has 0 aromatic carbocycles. The monoisotopic (exact) mass is 198 g/mol. The largest absolute Gasteiger partial charge is 0.384 e. The summed E-state index contributed by atoms with van der Waals surface area (Å²) in [7, 11) is 1.70. The first-order chi connectivity index (χ1) is 6.36. The molecule has 1 aromatic heterocycles. The molecule has 0 amide bonds. The van der Waals surface area contributed by atoms with E-state index in [2.05, 4.69) is 4.98 Å². The number of nitrogens with two attached hydrogens (primary N) is 1. The molecule has 0 spiro atoms. The van der Waals surface area contributed by atoms with Crippen LogP contribution in [0.2, 0.25) is 0 Å². The highest BCUT2D eigenvalue weighted by molar-refractivity contribution is 7.99. The van der Waals surface area contributed by atoms with E-state index in [-0.39, 0.29) is 0 Å². The molecular weight excluding hydrogens is 184 g/mol. The van der Waals surface area contributed by atoms with Gasteiger partial charge in [0.2, 0.25) is 0 Å².